The highest BCUT2D eigenvalue weighted by Gasteiger charge is 2.10. The van der Waals surface area contributed by atoms with Crippen LogP contribution in [-0.4, -0.2) is 16.4 Å². The Kier molecular flexibility index (Phi) is 6.06. The molecule has 0 radical (unpaired) electrons. The highest BCUT2D eigenvalue weighted by Crippen LogP contribution is 2.09. The van der Waals surface area contributed by atoms with Crippen LogP contribution < -0.4 is 10.5 Å². The van der Waals surface area contributed by atoms with Crippen molar-refractivity contribution in [1.82, 2.24) is 9.78 Å². The number of para-hydroxylation sites is 1. The maximum atomic E-state index is 11.7. The van der Waals surface area contributed by atoms with Crippen molar-refractivity contribution in [2.45, 2.75) is 45.4 Å². The van der Waals surface area contributed by atoms with Gasteiger partial charge in [0.05, 0.1) is 12.3 Å². The Hall–Kier alpha value is -2.04. The molecule has 0 N–H and O–H groups in total. The lowest BCUT2D eigenvalue weighted by atomic mass is 10.1. The van der Waals surface area contributed by atoms with E-state index in [1.807, 2.05) is 18.2 Å². The average molecular weight is 290 g/mol. The van der Waals surface area contributed by atoms with Crippen LogP contribution in [0.25, 0.3) is 5.69 Å². The van der Waals surface area contributed by atoms with Crippen LogP contribution in [0.1, 0.15) is 45.4 Å². The predicted octanol–water partition coefficient (Wildman–Crippen LogP) is 3.56. The molecule has 1 aromatic carbocycles. The summed E-state index contributed by atoms with van der Waals surface area (Å²) in [5.41, 5.74) is 0.667. The minimum atomic E-state index is -0.529. The van der Waals surface area contributed by atoms with E-state index < -0.39 is 5.76 Å². The summed E-state index contributed by atoms with van der Waals surface area (Å²) in [6.07, 6.45) is 7.15. The fraction of sp³-hybridized carbons (Fsp3) is 0.500. The van der Waals surface area contributed by atoms with Crippen molar-refractivity contribution in [2.75, 3.05) is 6.61 Å². The molecule has 0 amide bonds. The van der Waals surface area contributed by atoms with Gasteiger partial charge in [-0.2, -0.15) is 4.68 Å². The molecule has 0 saturated carbocycles. The molecule has 2 aromatic rings. The van der Waals surface area contributed by atoms with Gasteiger partial charge in [0.15, 0.2) is 0 Å². The minimum absolute atomic E-state index is 0.0393. The van der Waals surface area contributed by atoms with Crippen molar-refractivity contribution in [1.29, 1.82) is 0 Å². The second kappa shape index (κ2) is 8.29. The molecule has 0 atom stereocenters. The SMILES string of the molecule is CCCCCCCCOc1nn(-c2ccccc2)c(=O)o1. The topological polar surface area (TPSA) is 57.3 Å². The van der Waals surface area contributed by atoms with Gasteiger partial charge in [-0.05, 0) is 18.6 Å². The molecular formula is C16H22N2O3. The van der Waals surface area contributed by atoms with Crippen LogP contribution in [0.2, 0.25) is 0 Å². The van der Waals surface area contributed by atoms with Gasteiger partial charge in [-0.3, -0.25) is 0 Å². The number of aromatic nitrogens is 2. The van der Waals surface area contributed by atoms with Gasteiger partial charge in [-0.25, -0.2) is 4.79 Å². The molecule has 21 heavy (non-hydrogen) atoms. The standard InChI is InChI=1S/C16H22N2O3/c1-2-3-4-5-6-10-13-20-15-17-18(16(19)21-15)14-11-8-7-9-12-14/h7-9,11-12H,2-6,10,13H2,1H3. The molecular weight excluding hydrogens is 268 g/mol. The molecule has 0 spiro atoms. The summed E-state index contributed by atoms with van der Waals surface area (Å²) in [6, 6.07) is 9.15. The number of nitrogens with zero attached hydrogens (tertiary/aromatic N) is 2. The summed E-state index contributed by atoms with van der Waals surface area (Å²) in [6.45, 7) is 2.73. The Balaban J connectivity index is 1.79. The van der Waals surface area contributed by atoms with Gasteiger partial charge in [-0.15, -0.1) is 0 Å². The molecule has 0 saturated heterocycles. The number of unbranched alkanes of at least 4 members (excludes halogenated alkanes) is 5. The van der Waals surface area contributed by atoms with Crippen LogP contribution in [0.4, 0.5) is 0 Å². The van der Waals surface area contributed by atoms with Gasteiger partial charge in [0.2, 0.25) is 0 Å². The number of rotatable bonds is 9. The summed E-state index contributed by atoms with van der Waals surface area (Å²) < 4.78 is 11.6. The van der Waals surface area contributed by atoms with Crippen LogP contribution in [-0.2, 0) is 0 Å². The van der Waals surface area contributed by atoms with Gasteiger partial charge < -0.3 is 9.15 Å². The highest BCUT2D eigenvalue weighted by atomic mass is 16.6. The molecule has 0 unspecified atom stereocenters. The second-order valence-electron chi connectivity index (χ2n) is 5.00. The van der Waals surface area contributed by atoms with E-state index in [0.717, 1.165) is 12.8 Å². The first-order valence-electron chi connectivity index (χ1n) is 7.59. The minimum Gasteiger partial charge on any atom is -0.449 e. The number of benzene rings is 1. The molecule has 0 aliphatic heterocycles. The van der Waals surface area contributed by atoms with E-state index in [1.165, 1.54) is 30.4 Å². The third-order valence-electron chi connectivity index (χ3n) is 3.25. The third kappa shape index (κ3) is 4.77. The first kappa shape index (κ1) is 15.4. The number of hydrogen-bond donors (Lipinski definition) is 0. The summed E-state index contributed by atoms with van der Waals surface area (Å²) in [5.74, 6) is -0.529. The average Bonchev–Trinajstić information content (AvgIpc) is 2.88. The van der Waals surface area contributed by atoms with Gasteiger partial charge in [0, 0.05) is 0 Å². The monoisotopic (exact) mass is 290 g/mol. The third-order valence-corrected chi connectivity index (χ3v) is 3.25. The molecule has 114 valence electrons. The molecule has 2 rings (SSSR count). The zero-order valence-corrected chi connectivity index (χ0v) is 12.5. The van der Waals surface area contributed by atoms with E-state index >= 15 is 0 Å². The van der Waals surface area contributed by atoms with E-state index in [2.05, 4.69) is 12.0 Å². The Bertz CT molecular complexity index is 575. The van der Waals surface area contributed by atoms with Crippen molar-refractivity contribution >= 4 is 0 Å². The highest BCUT2D eigenvalue weighted by molar-refractivity contribution is 5.29. The maximum absolute atomic E-state index is 11.7. The largest absolute Gasteiger partial charge is 0.449 e. The first-order valence-corrected chi connectivity index (χ1v) is 7.59. The summed E-state index contributed by atoms with van der Waals surface area (Å²) in [7, 11) is 0. The van der Waals surface area contributed by atoms with Crippen molar-refractivity contribution in [2.24, 2.45) is 0 Å². The van der Waals surface area contributed by atoms with Crippen LogP contribution in [0, 0.1) is 0 Å². The lowest BCUT2D eigenvalue weighted by Gasteiger charge is -2.01. The maximum Gasteiger partial charge on any atom is 0.444 e. The second-order valence-corrected chi connectivity index (χ2v) is 5.00. The van der Waals surface area contributed by atoms with E-state index in [-0.39, 0.29) is 6.08 Å². The van der Waals surface area contributed by atoms with Crippen LogP contribution in [0.5, 0.6) is 6.08 Å². The van der Waals surface area contributed by atoms with Crippen molar-refractivity contribution in [3.63, 3.8) is 0 Å². The number of hydrogen-bond acceptors (Lipinski definition) is 4. The van der Waals surface area contributed by atoms with Gasteiger partial charge >= 0.3 is 11.8 Å². The molecule has 0 aliphatic carbocycles. The lowest BCUT2D eigenvalue weighted by Crippen LogP contribution is -2.12. The van der Waals surface area contributed by atoms with Crippen molar-refractivity contribution < 1.29 is 9.15 Å². The molecule has 1 aromatic heterocycles. The van der Waals surface area contributed by atoms with Crippen molar-refractivity contribution in [3.8, 4) is 11.8 Å². The molecule has 0 fully saturated rings. The predicted molar refractivity (Wildman–Crippen MR) is 81.0 cm³/mol. The van der Waals surface area contributed by atoms with E-state index in [9.17, 15) is 4.79 Å². The smallest absolute Gasteiger partial charge is 0.444 e. The van der Waals surface area contributed by atoms with E-state index in [0.29, 0.717) is 12.3 Å². The zero-order valence-electron chi connectivity index (χ0n) is 12.5. The Morgan fingerprint density at radius 2 is 1.81 bits per heavy atom. The van der Waals surface area contributed by atoms with Crippen molar-refractivity contribution in [3.05, 3.63) is 40.9 Å². The Morgan fingerprint density at radius 1 is 1.10 bits per heavy atom. The summed E-state index contributed by atoms with van der Waals surface area (Å²) in [4.78, 5) is 11.7. The van der Waals surface area contributed by atoms with E-state index in [4.69, 9.17) is 9.15 Å². The Labute approximate surface area is 124 Å². The fourth-order valence-corrected chi connectivity index (χ4v) is 2.09. The molecule has 1 heterocycles. The quantitative estimate of drug-likeness (QED) is 0.662. The Morgan fingerprint density at radius 3 is 2.57 bits per heavy atom. The lowest BCUT2D eigenvalue weighted by molar-refractivity contribution is 0.219. The van der Waals surface area contributed by atoms with Crippen LogP contribution in [0.3, 0.4) is 0 Å². The molecule has 5 nitrogen and oxygen atoms in total. The molecule has 0 aliphatic rings. The van der Waals surface area contributed by atoms with Gasteiger partial charge in [-0.1, -0.05) is 62.3 Å². The normalized spacial score (nSPS) is 10.7. The van der Waals surface area contributed by atoms with Crippen LogP contribution in [0.15, 0.2) is 39.5 Å². The number of ether oxygens (including phenoxy) is 1. The van der Waals surface area contributed by atoms with E-state index in [1.54, 1.807) is 12.1 Å². The fourth-order valence-electron chi connectivity index (χ4n) is 2.09. The van der Waals surface area contributed by atoms with Gasteiger partial charge in [0.1, 0.15) is 0 Å². The molecule has 5 heteroatoms. The van der Waals surface area contributed by atoms with Crippen LogP contribution >= 0.6 is 0 Å². The first-order chi connectivity index (χ1) is 10.3. The molecule has 0 bridgehead atoms. The summed E-state index contributed by atoms with van der Waals surface area (Å²) in [5, 5.41) is 4.04. The zero-order chi connectivity index (χ0) is 14.9. The summed E-state index contributed by atoms with van der Waals surface area (Å²) >= 11 is 0. The van der Waals surface area contributed by atoms with Gasteiger partial charge in [0.25, 0.3) is 0 Å².